The van der Waals surface area contributed by atoms with Crippen LogP contribution in [-0.2, 0) is 51.5 Å². The first-order chi connectivity index (χ1) is 12.7. The Labute approximate surface area is 185 Å². The summed E-state index contributed by atoms with van der Waals surface area (Å²) in [4.78, 5) is 12.8. The van der Waals surface area contributed by atoms with Crippen LogP contribution >= 0.6 is 0 Å². The van der Waals surface area contributed by atoms with Crippen LogP contribution in [0.5, 0.6) is 0 Å². The summed E-state index contributed by atoms with van der Waals surface area (Å²) in [6.45, 7) is 4.42. The first-order valence-corrected chi connectivity index (χ1v) is 8.13. The zero-order chi connectivity index (χ0) is 18.8. The van der Waals surface area contributed by atoms with Crippen LogP contribution in [-0.4, -0.2) is 44.7 Å². The number of fused-ring (bicyclic) bond motifs is 1. The van der Waals surface area contributed by atoms with Crippen molar-refractivity contribution in [1.29, 1.82) is 0 Å². The van der Waals surface area contributed by atoms with Gasteiger partial charge in [0.15, 0.2) is 5.90 Å². The van der Waals surface area contributed by atoms with Crippen molar-refractivity contribution in [1.82, 2.24) is 0 Å². The van der Waals surface area contributed by atoms with Crippen molar-refractivity contribution in [2.45, 2.75) is 13.8 Å². The van der Waals surface area contributed by atoms with Crippen LogP contribution in [0, 0.1) is 6.07 Å². The number of aliphatic imine (C=N–C) groups is 1. The van der Waals surface area contributed by atoms with E-state index in [1.807, 2.05) is 42.5 Å². The van der Waals surface area contributed by atoms with Crippen molar-refractivity contribution in [3.05, 3.63) is 54.6 Å². The van der Waals surface area contributed by atoms with Crippen LogP contribution in [0.15, 0.2) is 53.5 Å². The quantitative estimate of drug-likeness (QED) is 0.525. The molecule has 4 rings (SSSR count). The Hall–Kier alpha value is -1.31. The zero-order valence-corrected chi connectivity index (χ0v) is 18.1. The maximum atomic E-state index is 9.43. The van der Waals surface area contributed by atoms with Gasteiger partial charge in [0, 0.05) is 45.1 Å². The molecule has 0 amide bonds. The molecule has 0 bridgehead atoms. The Balaban J connectivity index is 0.000000229. The van der Waals surface area contributed by atoms with Gasteiger partial charge in [-0.3, -0.25) is 6.29 Å². The zero-order valence-electron chi connectivity index (χ0n) is 15.3. The first-order valence-electron chi connectivity index (χ1n) is 8.13. The topological polar surface area (TPSA) is 77.4 Å². The molecule has 6 nitrogen and oxygen atoms in total. The maximum absolute atomic E-state index is 9.43. The number of hydrogen-bond donors (Lipinski definition) is 1. The molecule has 2 heterocycles. The molecule has 0 saturated carbocycles. The van der Waals surface area contributed by atoms with Crippen LogP contribution in [0.1, 0.15) is 13.8 Å². The molecule has 1 fully saturated rings. The van der Waals surface area contributed by atoms with E-state index in [0.29, 0.717) is 19.1 Å². The molecule has 9 heteroatoms. The molecule has 1 radical (unpaired) electrons. The second-order valence-electron chi connectivity index (χ2n) is 5.26. The minimum Gasteiger partial charge on any atom is -0.542 e. The number of rotatable bonds is 1. The van der Waals surface area contributed by atoms with Crippen LogP contribution < -0.4 is 10.9 Å². The van der Waals surface area contributed by atoms with Gasteiger partial charge in [-0.2, -0.15) is 37.3 Å². The van der Waals surface area contributed by atoms with Crippen molar-refractivity contribution < 1.29 is 56.5 Å². The van der Waals surface area contributed by atoms with Crippen LogP contribution in [0.4, 0.5) is 5.69 Å². The van der Waals surface area contributed by atoms with Gasteiger partial charge >= 0.3 is 14.2 Å². The third kappa shape index (κ3) is 7.68. The normalized spacial score (nSPS) is 14.1. The van der Waals surface area contributed by atoms with E-state index in [1.165, 1.54) is 13.2 Å². The molecule has 0 spiro atoms. The maximum Gasteiger partial charge on any atom is 0.563 e. The third-order valence-electron chi connectivity index (χ3n) is 3.37. The van der Waals surface area contributed by atoms with Crippen molar-refractivity contribution in [2.75, 3.05) is 13.2 Å². The van der Waals surface area contributed by atoms with Gasteiger partial charge in [-0.05, 0) is 6.07 Å². The Bertz CT molecular complexity index is 727. The molecule has 0 atom stereocenters. The Morgan fingerprint density at radius 1 is 1.15 bits per heavy atom. The van der Waals surface area contributed by atoms with Gasteiger partial charge < -0.3 is 23.8 Å². The van der Waals surface area contributed by atoms with E-state index in [0.717, 1.165) is 16.6 Å². The van der Waals surface area contributed by atoms with Crippen LogP contribution in [0.2, 0.25) is 0 Å². The Morgan fingerprint density at radius 2 is 1.78 bits per heavy atom. The molecular weight excluding hydrogens is 421 g/mol. The van der Waals surface area contributed by atoms with Crippen molar-refractivity contribution in [3.63, 3.8) is 0 Å². The van der Waals surface area contributed by atoms with E-state index in [-0.39, 0.29) is 39.8 Å². The Kier molecular flexibility index (Phi) is 11.4. The SMILES string of the molecule is CC1=Nc2ccccc2B(O)O1.C[C-]=O.[Y].[c-]1ccccc1B1OCCO1. The largest absolute Gasteiger partial charge is 0.563 e. The molecule has 1 saturated heterocycles. The average molecular weight is 440 g/mol. The van der Waals surface area contributed by atoms with Gasteiger partial charge in [0.2, 0.25) is 0 Å². The van der Waals surface area contributed by atoms with Crippen molar-refractivity contribution in [2.24, 2.45) is 4.99 Å². The van der Waals surface area contributed by atoms with Gasteiger partial charge in [0.1, 0.15) is 0 Å². The number of hydrogen-bond acceptors (Lipinski definition) is 6. The average Bonchev–Trinajstić information content (AvgIpc) is 3.18. The fourth-order valence-corrected chi connectivity index (χ4v) is 2.31. The summed E-state index contributed by atoms with van der Waals surface area (Å²) in [5.41, 5.74) is 2.49. The number of carbonyl (C=O) groups excluding carboxylic acids is 1. The fraction of sp³-hybridized carbons (Fsp3) is 0.222. The van der Waals surface area contributed by atoms with Gasteiger partial charge in [-0.1, -0.05) is 18.2 Å². The minimum absolute atomic E-state index is 0. The van der Waals surface area contributed by atoms with E-state index < -0.39 is 7.12 Å². The molecule has 2 aromatic rings. The summed E-state index contributed by atoms with van der Waals surface area (Å²) in [6, 6.07) is 18.1. The van der Waals surface area contributed by atoms with Crippen LogP contribution in [0.3, 0.4) is 0 Å². The van der Waals surface area contributed by atoms with Crippen LogP contribution in [0.25, 0.3) is 0 Å². The summed E-state index contributed by atoms with van der Waals surface area (Å²) in [5.74, 6) is 0.501. The van der Waals surface area contributed by atoms with Gasteiger partial charge in [0.25, 0.3) is 0 Å². The number of nitrogens with zero attached hydrogens (tertiary/aromatic N) is 1. The summed E-state index contributed by atoms with van der Waals surface area (Å²) in [5, 5.41) is 9.43. The predicted molar refractivity (Wildman–Crippen MR) is 102 cm³/mol. The molecule has 2 aliphatic heterocycles. The summed E-state index contributed by atoms with van der Waals surface area (Å²) < 4.78 is 15.6. The van der Waals surface area contributed by atoms with Gasteiger partial charge in [-0.15, -0.1) is 5.46 Å². The monoisotopic (exact) mass is 440 g/mol. The summed E-state index contributed by atoms with van der Waals surface area (Å²) in [7, 11) is -1.05. The third-order valence-corrected chi connectivity index (χ3v) is 3.37. The minimum atomic E-state index is -0.862. The Morgan fingerprint density at radius 3 is 2.41 bits per heavy atom. The molecule has 0 aromatic heterocycles. The standard InChI is InChI=1S/C8H8BNO2.C8H8BO2.C2H3O.Y/c1-6-10-8-5-3-2-4-7(8)9(11)12-6;1-2-4-8(5-3-1)9-10-6-7-11-9;1-2-3;/h2-5,11H,1H3;1-4H,6-7H2;1H3;/q;2*-1;. The van der Waals surface area contributed by atoms with Gasteiger partial charge in [0.05, 0.1) is 18.9 Å². The van der Waals surface area contributed by atoms with Crippen molar-refractivity contribution >= 4 is 43.0 Å². The molecule has 0 aliphatic carbocycles. The second kappa shape index (κ2) is 13.0. The smallest absolute Gasteiger partial charge is 0.542 e. The fourth-order valence-electron chi connectivity index (χ4n) is 2.31. The van der Waals surface area contributed by atoms with E-state index in [1.54, 1.807) is 13.0 Å². The molecule has 2 aromatic carbocycles. The molecular formula is C18H19B2NO5Y-2. The molecule has 27 heavy (non-hydrogen) atoms. The molecule has 0 unspecified atom stereocenters. The van der Waals surface area contributed by atoms with Crippen molar-refractivity contribution in [3.8, 4) is 0 Å². The van der Waals surface area contributed by atoms with E-state index >= 15 is 0 Å². The van der Waals surface area contributed by atoms with E-state index in [9.17, 15) is 5.02 Å². The number of para-hydroxylation sites is 1. The molecule has 1 N–H and O–H groups in total. The molecule has 137 valence electrons. The first kappa shape index (κ1) is 23.7. The second-order valence-corrected chi connectivity index (χ2v) is 5.26. The predicted octanol–water partition coefficient (Wildman–Crippen LogP) is 0.796. The summed E-state index contributed by atoms with van der Waals surface area (Å²) >= 11 is 0. The van der Waals surface area contributed by atoms with Gasteiger partial charge in [-0.25, -0.2) is 4.99 Å². The van der Waals surface area contributed by atoms with E-state index in [2.05, 4.69) is 11.1 Å². The summed E-state index contributed by atoms with van der Waals surface area (Å²) in [6.07, 6.45) is 1.50. The molecule has 2 aliphatic rings. The van der Waals surface area contributed by atoms with E-state index in [4.69, 9.17) is 18.8 Å². The number of benzene rings is 2.